The Hall–Kier alpha value is -0.610. The molecule has 94 valence electrons. The van der Waals surface area contributed by atoms with Crippen LogP contribution in [-0.4, -0.2) is 49.1 Å². The van der Waals surface area contributed by atoms with Crippen LogP contribution < -0.4 is 10.6 Å². The third-order valence-corrected chi connectivity index (χ3v) is 3.01. The molecular weight excluding hydrogens is 202 g/mol. The van der Waals surface area contributed by atoms with Gasteiger partial charge in [0.05, 0.1) is 0 Å². The molecule has 0 saturated carbocycles. The molecule has 4 heteroatoms. The highest BCUT2D eigenvalue weighted by Crippen LogP contribution is 2.10. The van der Waals surface area contributed by atoms with Crippen LogP contribution in [-0.2, 0) is 4.79 Å². The number of hydrogen-bond acceptors (Lipinski definition) is 3. The second-order valence-electron chi connectivity index (χ2n) is 4.73. The summed E-state index contributed by atoms with van der Waals surface area (Å²) in [5, 5.41) is 6.80. The van der Waals surface area contributed by atoms with Gasteiger partial charge in [-0.2, -0.15) is 0 Å². The molecule has 1 fully saturated rings. The van der Waals surface area contributed by atoms with Crippen LogP contribution in [0.15, 0.2) is 0 Å². The van der Waals surface area contributed by atoms with E-state index in [1.165, 1.54) is 0 Å². The quantitative estimate of drug-likeness (QED) is 0.653. The molecule has 0 radical (unpaired) electrons. The summed E-state index contributed by atoms with van der Waals surface area (Å²) in [5.74, 6) is 0.295. The van der Waals surface area contributed by atoms with Crippen molar-refractivity contribution in [1.82, 2.24) is 15.5 Å². The molecular formula is C12H25N3O. The lowest BCUT2D eigenvalue weighted by Crippen LogP contribution is -2.47. The van der Waals surface area contributed by atoms with Gasteiger partial charge < -0.3 is 15.5 Å². The van der Waals surface area contributed by atoms with Gasteiger partial charge in [0, 0.05) is 44.7 Å². The van der Waals surface area contributed by atoms with E-state index in [0.29, 0.717) is 24.4 Å². The zero-order valence-corrected chi connectivity index (χ0v) is 10.8. The number of amides is 1. The van der Waals surface area contributed by atoms with Gasteiger partial charge in [-0.05, 0) is 13.3 Å². The number of likely N-dealkylation sites (tertiary alicyclic amines) is 1. The average Bonchev–Trinajstić information content (AvgIpc) is 2.24. The largest absolute Gasteiger partial charge is 0.343 e. The molecule has 4 nitrogen and oxygen atoms in total. The van der Waals surface area contributed by atoms with E-state index in [9.17, 15) is 4.79 Å². The van der Waals surface area contributed by atoms with E-state index in [2.05, 4.69) is 24.5 Å². The number of hydrogen-bond donors (Lipinski definition) is 2. The van der Waals surface area contributed by atoms with Gasteiger partial charge in [-0.1, -0.05) is 13.8 Å². The normalized spacial score (nSPS) is 21.9. The van der Waals surface area contributed by atoms with Gasteiger partial charge in [0.1, 0.15) is 0 Å². The zero-order valence-electron chi connectivity index (χ0n) is 10.8. The highest BCUT2D eigenvalue weighted by molar-refractivity contribution is 5.77. The maximum atomic E-state index is 11.6. The fourth-order valence-electron chi connectivity index (χ4n) is 2.02. The predicted octanol–water partition coefficient (Wildman–Crippen LogP) is 0.585. The lowest BCUT2D eigenvalue weighted by Gasteiger charge is -2.31. The zero-order chi connectivity index (χ0) is 12.0. The molecule has 1 atom stereocenters. The molecule has 1 aliphatic rings. The van der Waals surface area contributed by atoms with Crippen molar-refractivity contribution in [2.45, 2.75) is 45.7 Å². The molecule has 1 unspecified atom stereocenters. The van der Waals surface area contributed by atoms with Crippen molar-refractivity contribution in [1.29, 1.82) is 0 Å². The molecule has 0 aromatic rings. The molecule has 2 N–H and O–H groups in total. The Balaban J connectivity index is 2.13. The summed E-state index contributed by atoms with van der Waals surface area (Å²) >= 11 is 0. The number of carbonyl (C=O) groups excluding carboxylic acids is 1. The fraction of sp³-hybridized carbons (Fsp3) is 0.917. The molecule has 0 aromatic carbocycles. The van der Waals surface area contributed by atoms with E-state index < -0.39 is 0 Å². The number of rotatable bonds is 6. The lowest BCUT2D eigenvalue weighted by molar-refractivity contribution is -0.133. The molecule has 0 spiro atoms. The summed E-state index contributed by atoms with van der Waals surface area (Å²) in [5.41, 5.74) is 0. The first-order valence-corrected chi connectivity index (χ1v) is 6.38. The smallest absolute Gasteiger partial charge is 0.224 e. The van der Waals surface area contributed by atoms with Gasteiger partial charge >= 0.3 is 0 Å². The van der Waals surface area contributed by atoms with Crippen molar-refractivity contribution < 1.29 is 4.79 Å². The van der Waals surface area contributed by atoms with Crippen LogP contribution >= 0.6 is 0 Å². The summed E-state index contributed by atoms with van der Waals surface area (Å²) < 4.78 is 0. The maximum Gasteiger partial charge on any atom is 0.224 e. The van der Waals surface area contributed by atoms with E-state index in [4.69, 9.17) is 0 Å². The van der Waals surface area contributed by atoms with Crippen molar-refractivity contribution >= 4 is 5.91 Å². The Bertz CT molecular complexity index is 218. The van der Waals surface area contributed by atoms with E-state index >= 15 is 0 Å². The van der Waals surface area contributed by atoms with E-state index in [1.54, 1.807) is 0 Å². The second kappa shape index (κ2) is 6.86. The summed E-state index contributed by atoms with van der Waals surface area (Å²) in [6, 6.07) is 0.912. The van der Waals surface area contributed by atoms with E-state index in [1.807, 2.05) is 11.8 Å². The van der Waals surface area contributed by atoms with E-state index in [0.717, 1.165) is 32.6 Å². The minimum Gasteiger partial charge on any atom is -0.343 e. The van der Waals surface area contributed by atoms with Crippen LogP contribution in [0.3, 0.4) is 0 Å². The van der Waals surface area contributed by atoms with E-state index in [-0.39, 0.29) is 0 Å². The number of carbonyl (C=O) groups is 1. The molecule has 1 saturated heterocycles. The van der Waals surface area contributed by atoms with Crippen molar-refractivity contribution in [3.05, 3.63) is 0 Å². The first-order valence-electron chi connectivity index (χ1n) is 6.38. The topological polar surface area (TPSA) is 44.4 Å². The number of nitrogens with one attached hydrogen (secondary N) is 2. The third-order valence-electron chi connectivity index (χ3n) is 3.01. The standard InChI is InChI=1S/C12H25N3O/c1-4-15-8-5-11(9-12(15)16)14-7-6-13-10(2)3/h10-11,13-14H,4-9H2,1-3H3. The van der Waals surface area contributed by atoms with Gasteiger partial charge in [0.15, 0.2) is 0 Å². The molecule has 1 rings (SSSR count). The van der Waals surface area contributed by atoms with Crippen molar-refractivity contribution in [3.8, 4) is 0 Å². The molecule has 0 aromatic heterocycles. The first kappa shape index (κ1) is 13.5. The third kappa shape index (κ3) is 4.49. The van der Waals surface area contributed by atoms with Gasteiger partial charge in [-0.15, -0.1) is 0 Å². The molecule has 0 aliphatic carbocycles. The highest BCUT2D eigenvalue weighted by Gasteiger charge is 2.23. The Morgan fingerprint density at radius 2 is 2.19 bits per heavy atom. The Morgan fingerprint density at radius 3 is 2.75 bits per heavy atom. The Morgan fingerprint density at radius 1 is 1.44 bits per heavy atom. The van der Waals surface area contributed by atoms with Crippen molar-refractivity contribution in [2.75, 3.05) is 26.2 Å². The Labute approximate surface area is 98.8 Å². The van der Waals surface area contributed by atoms with Crippen LogP contribution in [0, 0.1) is 0 Å². The second-order valence-corrected chi connectivity index (χ2v) is 4.73. The van der Waals surface area contributed by atoms with Gasteiger partial charge in [0.25, 0.3) is 0 Å². The van der Waals surface area contributed by atoms with Crippen LogP contribution in [0.1, 0.15) is 33.6 Å². The summed E-state index contributed by atoms with van der Waals surface area (Å²) in [6.45, 7) is 10.00. The molecule has 1 aliphatic heterocycles. The number of piperidine rings is 1. The summed E-state index contributed by atoms with van der Waals surface area (Å²) in [4.78, 5) is 13.6. The maximum absolute atomic E-state index is 11.6. The molecule has 16 heavy (non-hydrogen) atoms. The fourth-order valence-corrected chi connectivity index (χ4v) is 2.02. The number of nitrogens with zero attached hydrogens (tertiary/aromatic N) is 1. The highest BCUT2D eigenvalue weighted by atomic mass is 16.2. The van der Waals surface area contributed by atoms with Crippen molar-refractivity contribution in [2.24, 2.45) is 0 Å². The van der Waals surface area contributed by atoms with Crippen LogP contribution in [0.25, 0.3) is 0 Å². The summed E-state index contributed by atoms with van der Waals surface area (Å²) in [6.07, 6.45) is 1.75. The summed E-state index contributed by atoms with van der Waals surface area (Å²) in [7, 11) is 0. The van der Waals surface area contributed by atoms with Crippen molar-refractivity contribution in [3.63, 3.8) is 0 Å². The minimum absolute atomic E-state index is 0.295. The van der Waals surface area contributed by atoms with Gasteiger partial charge in [0.2, 0.25) is 5.91 Å². The predicted molar refractivity (Wildman–Crippen MR) is 66.4 cm³/mol. The van der Waals surface area contributed by atoms with Crippen LogP contribution in [0.2, 0.25) is 0 Å². The van der Waals surface area contributed by atoms with Gasteiger partial charge in [-0.3, -0.25) is 4.79 Å². The Kier molecular flexibility index (Phi) is 5.77. The molecule has 1 heterocycles. The first-order chi connectivity index (χ1) is 7.63. The van der Waals surface area contributed by atoms with Crippen LogP contribution in [0.5, 0.6) is 0 Å². The van der Waals surface area contributed by atoms with Gasteiger partial charge in [-0.25, -0.2) is 0 Å². The van der Waals surface area contributed by atoms with Crippen LogP contribution in [0.4, 0.5) is 0 Å². The SMILES string of the molecule is CCN1CCC(NCCNC(C)C)CC1=O. The minimum atomic E-state index is 0.295. The average molecular weight is 227 g/mol. The molecule has 0 bridgehead atoms. The molecule has 1 amide bonds. The lowest BCUT2D eigenvalue weighted by atomic mass is 10.0. The monoisotopic (exact) mass is 227 g/mol.